The van der Waals surface area contributed by atoms with Crippen LogP contribution in [0, 0.1) is 0 Å². The van der Waals surface area contributed by atoms with Gasteiger partial charge in [0.2, 0.25) is 0 Å². The molecule has 7 heteroatoms. The van der Waals surface area contributed by atoms with E-state index in [0.29, 0.717) is 0 Å². The summed E-state index contributed by atoms with van der Waals surface area (Å²) < 4.78 is 0. The van der Waals surface area contributed by atoms with Crippen LogP contribution in [-0.4, -0.2) is 104 Å². The second kappa shape index (κ2) is 52.4. The zero-order valence-electron chi connectivity index (χ0n) is 3.82. The number of hydrogen-bond acceptors (Lipinski definition) is 0. The fraction of sp³-hybridized carbons (Fsp3) is 0. The van der Waals surface area contributed by atoms with E-state index in [-0.39, 0.29) is 124 Å². The van der Waals surface area contributed by atoms with E-state index in [0.717, 1.165) is 0 Å². The molecule has 26 valence electrons. The first kappa shape index (κ1) is 71.5. The molecule has 0 aliphatic rings. The van der Waals surface area contributed by atoms with E-state index in [1.807, 2.05) is 0 Å². The molecule has 0 aromatic carbocycles. The van der Waals surface area contributed by atoms with Gasteiger partial charge in [0, 0.05) is 124 Å². The minimum absolute atomic E-state index is 0. The Morgan fingerprint density at radius 2 is 0.286 bits per heavy atom. The molecule has 0 saturated heterocycles. The van der Waals surface area contributed by atoms with Crippen molar-refractivity contribution in [2.24, 2.45) is 0 Å². The largest absolute Gasteiger partial charge is 0 e. The van der Waals surface area contributed by atoms with Crippen LogP contribution < -0.4 is 0 Å². The maximum Gasteiger partial charge on any atom is 0 e. The average molecular weight is 263 g/mol. The van der Waals surface area contributed by atoms with E-state index in [4.69, 9.17) is 0 Å². The smallest absolute Gasteiger partial charge is 0 e. The molecule has 0 aliphatic carbocycles. The maximum absolute atomic E-state index is 0. The fourth-order valence-electron chi connectivity index (χ4n) is 0. The summed E-state index contributed by atoms with van der Waals surface area (Å²) in [6.45, 7) is 0. The molecular weight excluding hydrogens is 263 g/mol. The van der Waals surface area contributed by atoms with Gasteiger partial charge in [-0.15, -0.1) is 0 Å². The van der Waals surface area contributed by atoms with Crippen LogP contribution in [0.4, 0.5) is 0 Å². The monoisotopic (exact) mass is 264 g/mol. The van der Waals surface area contributed by atoms with Crippen LogP contribution in [0.3, 0.4) is 0 Å². The zero-order valence-corrected chi connectivity index (χ0v) is 12.5. The molecule has 0 N–H and O–H groups in total. The molecule has 0 aromatic heterocycles. The van der Waals surface area contributed by atoms with Crippen LogP contribution in [0.2, 0.25) is 0 Å². The van der Waals surface area contributed by atoms with Gasteiger partial charge < -0.3 is 0 Å². The summed E-state index contributed by atoms with van der Waals surface area (Å²) in [6.07, 6.45) is 0. The second-order valence-corrected chi connectivity index (χ2v) is 0. The minimum atomic E-state index is 0. The van der Waals surface area contributed by atoms with Crippen molar-refractivity contribution in [3.8, 4) is 0 Å². The predicted octanol–water partition coefficient (Wildman–Crippen LogP) is -2.29. The molecule has 0 bridgehead atoms. The Kier molecular flexibility index (Phi) is 535. The van der Waals surface area contributed by atoms with Gasteiger partial charge in [-0.1, -0.05) is 0 Å². The second-order valence-electron chi connectivity index (χ2n) is 0. The Morgan fingerprint density at radius 3 is 0.286 bits per heavy atom. The van der Waals surface area contributed by atoms with Gasteiger partial charge in [-0.2, -0.15) is 0 Å². The predicted molar refractivity (Wildman–Crippen MR) is 34.5 cm³/mol. The van der Waals surface area contributed by atoms with E-state index in [1.54, 1.807) is 0 Å². The third kappa shape index (κ3) is 41.2. The van der Waals surface area contributed by atoms with Gasteiger partial charge in [0.15, 0.2) is 0 Å². The third-order valence-electron chi connectivity index (χ3n) is 0. The van der Waals surface area contributed by atoms with Crippen molar-refractivity contribution in [2.75, 3.05) is 0 Å². The van der Waals surface area contributed by atoms with Crippen LogP contribution in [0.5, 0.6) is 0 Å². The van der Waals surface area contributed by atoms with Crippen LogP contribution in [0.1, 0.15) is 0 Å². The molecule has 0 nitrogen and oxygen atoms in total. The van der Waals surface area contributed by atoms with Gasteiger partial charge in [0.1, 0.15) is 0 Å². The molecule has 0 amide bonds. The molecule has 0 fully saturated rings. The molecule has 7 heavy (non-hydrogen) atoms. The van der Waals surface area contributed by atoms with E-state index in [1.165, 1.54) is 0 Å². The summed E-state index contributed by atoms with van der Waals surface area (Å²) >= 11 is 0. The molecule has 0 heterocycles. The van der Waals surface area contributed by atoms with Gasteiger partial charge in [0.25, 0.3) is 0 Å². The molecule has 0 saturated carbocycles. The first-order valence-electron chi connectivity index (χ1n) is 0. The molecular formula is Al6Ru. The molecule has 0 aromatic rings. The van der Waals surface area contributed by atoms with Gasteiger partial charge in [0.05, 0.1) is 0 Å². The Hall–Kier alpha value is 3.82. The molecule has 0 rings (SSSR count). The summed E-state index contributed by atoms with van der Waals surface area (Å²) in [5.41, 5.74) is 0. The van der Waals surface area contributed by atoms with Gasteiger partial charge in [-0.25, -0.2) is 0 Å². The van der Waals surface area contributed by atoms with Crippen molar-refractivity contribution >= 4 is 104 Å². The third-order valence-corrected chi connectivity index (χ3v) is 0. The summed E-state index contributed by atoms with van der Waals surface area (Å²) in [4.78, 5) is 0. The summed E-state index contributed by atoms with van der Waals surface area (Å²) in [7, 11) is 0. The summed E-state index contributed by atoms with van der Waals surface area (Å²) in [5, 5.41) is 0. The Bertz CT molecular complexity index is 4.14. The SMILES string of the molecule is [Al].[Al].[Al].[Al].[Al].[Al].[Ru]. The van der Waals surface area contributed by atoms with E-state index >= 15 is 0 Å². The van der Waals surface area contributed by atoms with E-state index in [2.05, 4.69) is 0 Å². The quantitative estimate of drug-likeness (QED) is 0.432. The van der Waals surface area contributed by atoms with Crippen molar-refractivity contribution in [3.63, 3.8) is 0 Å². The molecule has 0 aliphatic heterocycles. The van der Waals surface area contributed by atoms with Crippen LogP contribution in [0.15, 0.2) is 0 Å². The molecule has 0 spiro atoms. The Balaban J connectivity index is 0. The van der Waals surface area contributed by atoms with E-state index in [9.17, 15) is 0 Å². The minimum Gasteiger partial charge on any atom is 0 e. The van der Waals surface area contributed by atoms with Crippen LogP contribution >= 0.6 is 0 Å². The number of rotatable bonds is 0. The summed E-state index contributed by atoms with van der Waals surface area (Å²) in [6, 6.07) is 0. The Labute approximate surface area is 121 Å². The Morgan fingerprint density at radius 1 is 0.286 bits per heavy atom. The first-order chi connectivity index (χ1) is 0. The zero-order chi connectivity index (χ0) is 0. The number of hydrogen-bond donors (Lipinski definition) is 0. The first-order valence-corrected chi connectivity index (χ1v) is 0. The van der Waals surface area contributed by atoms with Crippen molar-refractivity contribution in [2.45, 2.75) is 0 Å². The molecule has 0 atom stereocenters. The summed E-state index contributed by atoms with van der Waals surface area (Å²) in [5.74, 6) is 0. The van der Waals surface area contributed by atoms with Crippen molar-refractivity contribution < 1.29 is 19.5 Å². The van der Waals surface area contributed by atoms with Crippen LogP contribution in [-0.2, 0) is 19.5 Å². The van der Waals surface area contributed by atoms with E-state index < -0.39 is 0 Å². The van der Waals surface area contributed by atoms with Gasteiger partial charge in [-0.3, -0.25) is 0 Å². The molecule has 18 radical (unpaired) electrons. The molecule has 0 unspecified atom stereocenters. The maximum atomic E-state index is 0. The van der Waals surface area contributed by atoms with Gasteiger partial charge >= 0.3 is 0 Å². The van der Waals surface area contributed by atoms with Gasteiger partial charge in [-0.05, 0) is 0 Å². The fourth-order valence-corrected chi connectivity index (χ4v) is 0. The van der Waals surface area contributed by atoms with Crippen molar-refractivity contribution in [1.29, 1.82) is 0 Å². The van der Waals surface area contributed by atoms with Crippen molar-refractivity contribution in [3.05, 3.63) is 0 Å². The topological polar surface area (TPSA) is 0 Å². The van der Waals surface area contributed by atoms with Crippen molar-refractivity contribution in [1.82, 2.24) is 0 Å². The standard InChI is InChI=1S/6Al.Ru. The normalized spacial score (nSPS) is 0. The average Bonchev–Trinajstić information content (AvgIpc) is 0. The van der Waals surface area contributed by atoms with Crippen LogP contribution in [0.25, 0.3) is 0 Å².